The van der Waals surface area contributed by atoms with Gasteiger partial charge in [0, 0.05) is 10.2 Å². The van der Waals surface area contributed by atoms with E-state index in [2.05, 4.69) is 26.0 Å². The van der Waals surface area contributed by atoms with Crippen LogP contribution >= 0.6 is 15.9 Å². The number of aryl methyl sites for hydroxylation is 1. The second-order valence-corrected chi connectivity index (χ2v) is 5.55. The third kappa shape index (κ3) is 3.66. The van der Waals surface area contributed by atoms with E-state index >= 15 is 0 Å². The summed E-state index contributed by atoms with van der Waals surface area (Å²) in [5.41, 5.74) is 1.19. The molecule has 2 aromatic carbocycles. The number of hydrogen-bond acceptors (Lipinski definition) is 2. The minimum absolute atomic E-state index is 0.377. The number of carbonyl (C=O) groups excluding carboxylic acids is 1. The second kappa shape index (κ2) is 7.16. The lowest BCUT2D eigenvalue weighted by molar-refractivity contribution is -0.118. The number of ether oxygens (including phenoxy) is 1. The Morgan fingerprint density at radius 1 is 1.04 bits per heavy atom. The van der Waals surface area contributed by atoms with Crippen molar-refractivity contribution in [2.24, 2.45) is 0 Å². The third-order valence-corrected chi connectivity index (χ3v) is 3.85. The summed E-state index contributed by atoms with van der Waals surface area (Å²) < 4.78 is 71.0. The van der Waals surface area contributed by atoms with Crippen molar-refractivity contribution in [1.82, 2.24) is 0 Å². The van der Waals surface area contributed by atoms with Gasteiger partial charge in [-0.1, -0.05) is 15.9 Å². The summed E-state index contributed by atoms with van der Waals surface area (Å²) in [5.74, 6) is -13.2. The van der Waals surface area contributed by atoms with Gasteiger partial charge in [0.1, 0.15) is 0 Å². The van der Waals surface area contributed by atoms with Gasteiger partial charge in [0.25, 0.3) is 5.91 Å². The van der Waals surface area contributed by atoms with Gasteiger partial charge in [-0.2, -0.15) is 8.78 Å². The lowest BCUT2D eigenvalue weighted by Crippen LogP contribution is -2.21. The maximum absolute atomic E-state index is 13.4. The summed E-state index contributed by atoms with van der Waals surface area (Å²) >= 11 is 3.27. The molecule has 0 aliphatic rings. The van der Waals surface area contributed by atoms with Crippen LogP contribution in [0.3, 0.4) is 0 Å². The third-order valence-electron chi connectivity index (χ3n) is 2.96. The minimum atomic E-state index is -2.30. The van der Waals surface area contributed by atoms with E-state index in [0.717, 1.165) is 10.0 Å². The van der Waals surface area contributed by atoms with Gasteiger partial charge in [-0.25, -0.2) is 13.2 Å². The molecule has 1 amide bonds. The van der Waals surface area contributed by atoms with Crippen LogP contribution in [-0.4, -0.2) is 12.5 Å². The number of amides is 1. The van der Waals surface area contributed by atoms with Crippen molar-refractivity contribution in [3.63, 3.8) is 0 Å². The van der Waals surface area contributed by atoms with Crippen LogP contribution in [0.25, 0.3) is 0 Å². The van der Waals surface area contributed by atoms with Gasteiger partial charge in [-0.15, -0.1) is 0 Å². The van der Waals surface area contributed by atoms with Crippen LogP contribution in [0.2, 0.25) is 0 Å². The van der Waals surface area contributed by atoms with Gasteiger partial charge < -0.3 is 10.1 Å². The highest BCUT2D eigenvalue weighted by molar-refractivity contribution is 9.10. The zero-order valence-corrected chi connectivity index (χ0v) is 13.6. The predicted octanol–water partition coefficient (Wildman–Crippen LogP) is 4.47. The Balaban J connectivity index is 2.11. The molecule has 9 heteroatoms. The zero-order valence-electron chi connectivity index (χ0n) is 12.0. The molecule has 2 aromatic rings. The van der Waals surface area contributed by atoms with E-state index in [0.29, 0.717) is 5.69 Å². The molecule has 0 saturated carbocycles. The van der Waals surface area contributed by atoms with Crippen LogP contribution in [0, 0.1) is 36.0 Å². The van der Waals surface area contributed by atoms with Crippen LogP contribution in [0.5, 0.6) is 5.75 Å². The quantitative estimate of drug-likeness (QED) is 0.459. The highest BCUT2D eigenvalue weighted by Gasteiger charge is 2.27. The van der Waals surface area contributed by atoms with Crippen molar-refractivity contribution in [1.29, 1.82) is 0 Å². The van der Waals surface area contributed by atoms with Crippen LogP contribution in [-0.2, 0) is 4.79 Å². The van der Waals surface area contributed by atoms with Crippen LogP contribution in [0.4, 0.5) is 27.6 Å². The van der Waals surface area contributed by atoms with Crippen LogP contribution in [0.15, 0.2) is 22.7 Å². The number of halogens is 6. The van der Waals surface area contributed by atoms with Gasteiger partial charge in [0.2, 0.25) is 29.1 Å². The van der Waals surface area contributed by atoms with Crippen molar-refractivity contribution in [3.8, 4) is 5.75 Å². The number of carbonyl (C=O) groups is 1. The zero-order chi connectivity index (χ0) is 18.0. The van der Waals surface area contributed by atoms with E-state index in [-0.39, 0.29) is 0 Å². The lowest BCUT2D eigenvalue weighted by atomic mass is 10.2. The van der Waals surface area contributed by atoms with Gasteiger partial charge in [0.05, 0.1) is 0 Å². The summed E-state index contributed by atoms with van der Waals surface area (Å²) in [4.78, 5) is 11.7. The molecular weight excluding hydrogens is 401 g/mol. The molecule has 1 N–H and O–H groups in total. The van der Waals surface area contributed by atoms with Crippen molar-refractivity contribution in [2.75, 3.05) is 11.9 Å². The number of anilines is 1. The fourth-order valence-corrected chi connectivity index (χ4v) is 2.02. The predicted molar refractivity (Wildman–Crippen MR) is 79.2 cm³/mol. The molecule has 2 rings (SSSR count). The summed E-state index contributed by atoms with van der Waals surface area (Å²) in [5, 5.41) is 2.37. The van der Waals surface area contributed by atoms with E-state index in [1.807, 2.05) is 0 Å². The van der Waals surface area contributed by atoms with Gasteiger partial charge in [-0.05, 0) is 30.7 Å². The lowest BCUT2D eigenvalue weighted by Gasteiger charge is -2.11. The molecule has 24 heavy (non-hydrogen) atoms. The van der Waals surface area contributed by atoms with Crippen molar-refractivity contribution in [3.05, 3.63) is 57.3 Å². The Kier molecular flexibility index (Phi) is 5.43. The average Bonchev–Trinajstić information content (AvgIpc) is 2.54. The maximum Gasteiger partial charge on any atom is 0.262 e. The highest BCUT2D eigenvalue weighted by atomic mass is 79.9. The molecule has 0 spiro atoms. The number of benzene rings is 2. The minimum Gasteiger partial charge on any atom is -0.477 e. The molecule has 3 nitrogen and oxygen atoms in total. The van der Waals surface area contributed by atoms with Crippen molar-refractivity contribution >= 4 is 27.5 Å². The fourth-order valence-electron chi connectivity index (χ4n) is 1.77. The largest absolute Gasteiger partial charge is 0.477 e. The van der Waals surface area contributed by atoms with E-state index < -0.39 is 47.3 Å². The van der Waals surface area contributed by atoms with Gasteiger partial charge in [-0.3, -0.25) is 4.79 Å². The number of hydrogen-bond donors (Lipinski definition) is 1. The molecule has 128 valence electrons. The van der Waals surface area contributed by atoms with Crippen molar-refractivity contribution in [2.45, 2.75) is 6.92 Å². The molecule has 0 aromatic heterocycles. The Hall–Kier alpha value is -2.16. The molecule has 0 heterocycles. The van der Waals surface area contributed by atoms with Gasteiger partial charge >= 0.3 is 0 Å². The fraction of sp³-hybridized carbons (Fsp3) is 0.133. The normalized spacial score (nSPS) is 10.6. The monoisotopic (exact) mass is 409 g/mol. The molecule has 0 saturated heterocycles. The number of nitrogens with one attached hydrogen (secondary N) is 1. The first-order valence-electron chi connectivity index (χ1n) is 6.42. The Morgan fingerprint density at radius 2 is 1.58 bits per heavy atom. The van der Waals surface area contributed by atoms with E-state index in [9.17, 15) is 26.7 Å². The standard InChI is InChI=1S/C15H9BrF5NO2/c1-6-4-7(2-3-8(6)16)22-9(23)5-24-15-13(20)11(18)10(17)12(19)14(15)21/h2-4H,5H2,1H3,(H,22,23). The second-order valence-electron chi connectivity index (χ2n) is 4.70. The molecule has 0 aliphatic heterocycles. The van der Waals surface area contributed by atoms with E-state index in [1.165, 1.54) is 0 Å². The summed E-state index contributed by atoms with van der Waals surface area (Å²) in [6.45, 7) is 0.832. The van der Waals surface area contributed by atoms with Crippen molar-refractivity contribution < 1.29 is 31.5 Å². The smallest absolute Gasteiger partial charge is 0.262 e. The first-order chi connectivity index (χ1) is 11.2. The average molecular weight is 410 g/mol. The molecule has 0 bridgehead atoms. The summed E-state index contributed by atoms with van der Waals surface area (Å²) in [7, 11) is 0. The molecule has 0 unspecified atom stereocenters. The Morgan fingerprint density at radius 3 is 2.12 bits per heavy atom. The summed E-state index contributed by atoms with van der Waals surface area (Å²) in [6, 6.07) is 4.82. The maximum atomic E-state index is 13.4. The molecule has 0 aliphatic carbocycles. The SMILES string of the molecule is Cc1cc(NC(=O)COc2c(F)c(F)c(F)c(F)c2F)ccc1Br. The topological polar surface area (TPSA) is 38.3 Å². The van der Waals surface area contributed by atoms with E-state index in [4.69, 9.17) is 0 Å². The Labute approximate surface area is 141 Å². The molecule has 0 atom stereocenters. The highest BCUT2D eigenvalue weighted by Crippen LogP contribution is 2.29. The first-order valence-corrected chi connectivity index (χ1v) is 7.22. The first kappa shape index (κ1) is 18.2. The molecule has 0 fully saturated rings. The Bertz CT molecular complexity index is 784. The van der Waals surface area contributed by atoms with Crippen LogP contribution < -0.4 is 10.1 Å². The molecule has 0 radical (unpaired) electrons. The number of rotatable bonds is 4. The molecular formula is C15H9BrF5NO2. The summed E-state index contributed by atoms with van der Waals surface area (Å²) in [6.07, 6.45) is 0. The van der Waals surface area contributed by atoms with Crippen LogP contribution in [0.1, 0.15) is 5.56 Å². The van der Waals surface area contributed by atoms with Gasteiger partial charge in [0.15, 0.2) is 12.4 Å². The van der Waals surface area contributed by atoms with E-state index in [1.54, 1.807) is 25.1 Å².